The number of nitrogens with zero attached hydrogens (tertiary/aromatic N) is 1. The summed E-state index contributed by atoms with van der Waals surface area (Å²) < 4.78 is 9.76. The lowest BCUT2D eigenvalue weighted by Gasteiger charge is -2.39. The second kappa shape index (κ2) is 11.1. The Hall–Kier alpha value is -3.39. The van der Waals surface area contributed by atoms with Gasteiger partial charge in [-0.2, -0.15) is 4.57 Å². The first-order valence-corrected chi connectivity index (χ1v) is 20.0. The molecule has 252 valence electrons. The molecule has 3 fully saturated rings. The second-order valence-corrected chi connectivity index (χ2v) is 17.8. The number of rotatable bonds is 3. The van der Waals surface area contributed by atoms with Gasteiger partial charge in [-0.25, -0.2) is 0 Å². The van der Waals surface area contributed by atoms with Gasteiger partial charge in [-0.3, -0.25) is 0 Å². The summed E-state index contributed by atoms with van der Waals surface area (Å²) in [5.41, 5.74) is 12.6. The topological polar surface area (TPSA) is 17.0 Å². The summed E-state index contributed by atoms with van der Waals surface area (Å²) in [6, 6.07) is 26.4. The molecule has 0 saturated heterocycles. The van der Waals surface area contributed by atoms with Gasteiger partial charge in [-0.05, 0) is 78.2 Å². The van der Waals surface area contributed by atoms with E-state index in [0.717, 1.165) is 40.9 Å². The lowest BCUT2D eigenvalue weighted by molar-refractivity contribution is -0.700. The van der Waals surface area contributed by atoms with E-state index >= 15 is 0 Å². The first-order chi connectivity index (χ1) is 23.9. The third-order valence-corrected chi connectivity index (χ3v) is 14.7. The van der Waals surface area contributed by atoms with Gasteiger partial charge in [-0.1, -0.05) is 122 Å². The van der Waals surface area contributed by atoms with Crippen LogP contribution >= 0.6 is 0 Å². The minimum Gasteiger partial charge on any atom is -0.456 e. The molecule has 2 nitrogen and oxygen atoms in total. The Kier molecular flexibility index (Phi) is 6.87. The molecule has 3 saturated carbocycles. The third kappa shape index (κ3) is 4.16. The highest BCUT2D eigenvalue weighted by Crippen LogP contribution is 2.67. The first-order valence-electron chi connectivity index (χ1n) is 20.0. The Labute approximate surface area is 293 Å². The second-order valence-electron chi connectivity index (χ2n) is 17.8. The van der Waals surface area contributed by atoms with Crippen LogP contribution in [0, 0.1) is 42.4 Å². The minimum atomic E-state index is -0.161. The Balaban J connectivity index is 1.31. The highest BCUT2D eigenvalue weighted by atomic mass is 16.3. The van der Waals surface area contributed by atoms with E-state index < -0.39 is 0 Å². The van der Waals surface area contributed by atoms with Crippen molar-refractivity contribution < 1.29 is 8.98 Å². The average molecular weight is 649 g/mol. The van der Waals surface area contributed by atoms with Crippen molar-refractivity contribution in [3.63, 3.8) is 0 Å². The number of pyridine rings is 1. The van der Waals surface area contributed by atoms with Crippen molar-refractivity contribution in [3.8, 4) is 22.6 Å². The van der Waals surface area contributed by atoms with Gasteiger partial charge in [0, 0.05) is 45.4 Å². The number of para-hydroxylation sites is 2. The Bertz CT molecular complexity index is 2100. The van der Waals surface area contributed by atoms with Crippen molar-refractivity contribution in [1.29, 1.82) is 0 Å². The normalized spacial score (nSPS) is 27.7. The number of aromatic nitrogens is 1. The van der Waals surface area contributed by atoms with Crippen molar-refractivity contribution in [2.75, 3.05) is 0 Å². The quantitative estimate of drug-likeness (QED) is 0.178. The van der Waals surface area contributed by atoms with Gasteiger partial charge in [0.15, 0.2) is 6.04 Å². The molecule has 5 aromatic rings. The van der Waals surface area contributed by atoms with Crippen LogP contribution in [0.5, 0.6) is 0 Å². The number of fused-ring (bicyclic) bond motifs is 14. The van der Waals surface area contributed by atoms with Crippen molar-refractivity contribution in [3.05, 3.63) is 89.0 Å². The molecule has 4 aliphatic carbocycles. The van der Waals surface area contributed by atoms with Gasteiger partial charge < -0.3 is 4.42 Å². The van der Waals surface area contributed by atoms with Crippen LogP contribution in [0.4, 0.5) is 0 Å². The maximum atomic E-state index is 6.79. The number of furan rings is 1. The fourth-order valence-electron chi connectivity index (χ4n) is 13.0. The van der Waals surface area contributed by atoms with Crippen LogP contribution in [0.25, 0.3) is 44.5 Å². The summed E-state index contributed by atoms with van der Waals surface area (Å²) in [4.78, 5) is 0. The molecule has 0 bridgehead atoms. The highest BCUT2D eigenvalue weighted by Gasteiger charge is 2.63. The van der Waals surface area contributed by atoms with Gasteiger partial charge in [0.05, 0.1) is 11.5 Å². The largest absolute Gasteiger partial charge is 0.456 e. The summed E-state index contributed by atoms with van der Waals surface area (Å²) >= 11 is 0. The van der Waals surface area contributed by atoms with Crippen molar-refractivity contribution in [2.45, 2.75) is 116 Å². The third-order valence-electron chi connectivity index (χ3n) is 14.7. The van der Waals surface area contributed by atoms with E-state index in [1.54, 1.807) is 11.1 Å². The van der Waals surface area contributed by atoms with E-state index in [1.807, 2.05) is 0 Å². The molecule has 5 unspecified atom stereocenters. The standard InChI is InChI=1S/C47H54NO/c1-27(2)38-39(29-16-8-6-9-17-29)42-33-24-25-34-43(47(4,5)44-32-21-13-15-23-37(32)49-46(34)44)41(33)36-26-28(3)31-20-12-14-22-35(31)48(36)45(42)40(38)30-18-10-7-11-19-30/h12-15,20-27,29-30,38-40,42,45H,6-11,16-19H2,1-5H3/q+1. The maximum Gasteiger partial charge on any atom is 0.214 e. The molecular formula is C47H54NO+. The summed E-state index contributed by atoms with van der Waals surface area (Å²) in [5, 5.41) is 2.71. The van der Waals surface area contributed by atoms with E-state index in [0.29, 0.717) is 17.9 Å². The van der Waals surface area contributed by atoms with E-state index in [2.05, 4.69) is 106 Å². The molecule has 5 atom stereocenters. The molecule has 2 heteroatoms. The zero-order valence-corrected chi connectivity index (χ0v) is 30.4. The molecule has 3 heterocycles. The van der Waals surface area contributed by atoms with Crippen molar-refractivity contribution in [1.82, 2.24) is 0 Å². The zero-order valence-electron chi connectivity index (χ0n) is 30.4. The first kappa shape index (κ1) is 30.4. The van der Waals surface area contributed by atoms with Crippen LogP contribution in [0.15, 0.2) is 71.1 Å². The molecule has 49 heavy (non-hydrogen) atoms. The Morgan fingerprint density at radius 3 is 2.10 bits per heavy atom. The molecule has 0 spiro atoms. The van der Waals surface area contributed by atoms with Crippen LogP contribution < -0.4 is 4.57 Å². The number of aryl methyl sites for hydroxylation is 1. The van der Waals surface area contributed by atoms with Crippen LogP contribution in [-0.2, 0) is 5.41 Å². The molecule has 0 radical (unpaired) electrons. The molecule has 2 aromatic heterocycles. The van der Waals surface area contributed by atoms with Gasteiger partial charge >= 0.3 is 0 Å². The highest BCUT2D eigenvalue weighted by molar-refractivity contribution is 5.97. The SMILES string of the molecule is Cc1cc2[n+](c3ccccc13)C1C(c3ccc4c(c3-2)C(C)(C)c2c-4oc3ccccc23)C(C2CCCCC2)C(C(C)C)C1C1CCCCC1. The van der Waals surface area contributed by atoms with Gasteiger partial charge in [0.25, 0.3) is 0 Å². The van der Waals surface area contributed by atoms with Crippen molar-refractivity contribution in [2.24, 2.45) is 35.5 Å². The summed E-state index contributed by atoms with van der Waals surface area (Å²) in [6.07, 6.45) is 14.2. The Morgan fingerprint density at radius 1 is 0.735 bits per heavy atom. The van der Waals surface area contributed by atoms with Gasteiger partial charge in [0.2, 0.25) is 11.2 Å². The van der Waals surface area contributed by atoms with Crippen LogP contribution in [0.1, 0.15) is 126 Å². The zero-order chi connectivity index (χ0) is 33.2. The number of benzene rings is 3. The van der Waals surface area contributed by atoms with Gasteiger partial charge in [-0.15, -0.1) is 0 Å². The average Bonchev–Trinajstić information content (AvgIpc) is 3.76. The molecule has 0 N–H and O–H groups in total. The summed E-state index contributed by atoms with van der Waals surface area (Å²) in [6.45, 7) is 12.5. The van der Waals surface area contributed by atoms with Crippen LogP contribution in [0.3, 0.4) is 0 Å². The summed E-state index contributed by atoms with van der Waals surface area (Å²) in [7, 11) is 0. The molecule has 10 rings (SSSR count). The monoisotopic (exact) mass is 648 g/mol. The summed E-state index contributed by atoms with van der Waals surface area (Å²) in [5.74, 6) is 6.20. The predicted molar refractivity (Wildman–Crippen MR) is 202 cm³/mol. The lowest BCUT2D eigenvalue weighted by Crippen LogP contribution is -2.52. The van der Waals surface area contributed by atoms with Crippen LogP contribution in [-0.4, -0.2) is 0 Å². The molecule has 0 amide bonds. The van der Waals surface area contributed by atoms with E-state index in [4.69, 9.17) is 4.42 Å². The fourth-order valence-corrected chi connectivity index (χ4v) is 13.0. The lowest BCUT2D eigenvalue weighted by atomic mass is 9.64. The molecule has 5 aliphatic rings. The molecule has 3 aromatic carbocycles. The maximum absolute atomic E-state index is 6.79. The fraction of sp³-hybridized carbons (Fsp3) is 0.511. The minimum absolute atomic E-state index is 0.161. The Morgan fingerprint density at radius 2 is 1.39 bits per heavy atom. The number of hydrogen-bond acceptors (Lipinski definition) is 1. The van der Waals surface area contributed by atoms with Crippen molar-refractivity contribution >= 4 is 21.9 Å². The predicted octanol–water partition coefficient (Wildman–Crippen LogP) is 12.5. The van der Waals surface area contributed by atoms with E-state index in [9.17, 15) is 0 Å². The smallest absolute Gasteiger partial charge is 0.214 e. The van der Waals surface area contributed by atoms with Crippen LogP contribution in [0.2, 0.25) is 0 Å². The number of hydrogen-bond donors (Lipinski definition) is 0. The van der Waals surface area contributed by atoms with E-state index in [-0.39, 0.29) is 5.41 Å². The molecular weight excluding hydrogens is 595 g/mol. The van der Waals surface area contributed by atoms with E-state index in [1.165, 1.54) is 108 Å². The molecule has 1 aliphatic heterocycles. The van der Waals surface area contributed by atoms with Gasteiger partial charge in [0.1, 0.15) is 11.3 Å².